The van der Waals surface area contributed by atoms with Crippen LogP contribution in [-0.2, 0) is 13.6 Å². The summed E-state index contributed by atoms with van der Waals surface area (Å²) in [6.45, 7) is 0.537. The molecule has 31 heavy (non-hydrogen) atoms. The van der Waals surface area contributed by atoms with Crippen molar-refractivity contribution in [2.24, 2.45) is 12.1 Å². The van der Waals surface area contributed by atoms with E-state index in [9.17, 15) is 14.0 Å². The number of nitrogens with one attached hydrogen (secondary N) is 2. The molecule has 0 atom stereocenters. The summed E-state index contributed by atoms with van der Waals surface area (Å²) in [5, 5.41) is 4.12. The normalized spacial score (nSPS) is 11.3. The van der Waals surface area contributed by atoms with Crippen LogP contribution in [0.15, 0.2) is 69.3 Å². The molecule has 4 rings (SSSR count). The third-order valence-corrected chi connectivity index (χ3v) is 4.58. The molecule has 0 spiro atoms. The highest BCUT2D eigenvalue weighted by Gasteiger charge is 2.17. The lowest BCUT2D eigenvalue weighted by Gasteiger charge is -2.10. The summed E-state index contributed by atoms with van der Waals surface area (Å²) in [7, 11) is 1.52. The van der Waals surface area contributed by atoms with E-state index in [4.69, 9.17) is 4.74 Å². The molecule has 2 N–H and O–H groups in total. The number of H-pyrrole nitrogens is 1. The quantitative estimate of drug-likeness (QED) is 0.350. The molecule has 158 valence electrons. The third kappa shape index (κ3) is 4.37. The Balaban J connectivity index is 1.64. The summed E-state index contributed by atoms with van der Waals surface area (Å²) in [6, 6.07) is 15.1. The van der Waals surface area contributed by atoms with E-state index < -0.39 is 11.2 Å². The smallest absolute Gasteiger partial charge is 0.329 e. The highest BCUT2D eigenvalue weighted by molar-refractivity contribution is 5.80. The standard InChI is InChI=1S/C21H19FN6O3/c1-27-18-17(19(29)25-21(27)30)28(11-12-31-16-5-3-2-4-6-16)20(24-18)26-23-13-14-7-9-15(22)10-8-14/h2-10,13H,11-12H2,1H3,(H,24,26)(H,25,29,30)/b23-13+. The number of imidazole rings is 1. The lowest BCUT2D eigenvalue weighted by atomic mass is 10.2. The van der Waals surface area contributed by atoms with E-state index in [1.54, 1.807) is 16.7 Å². The average molecular weight is 422 g/mol. The second-order valence-corrected chi connectivity index (χ2v) is 6.66. The highest BCUT2D eigenvalue weighted by atomic mass is 19.1. The number of rotatable bonds is 7. The number of aryl methyl sites for hydroxylation is 1. The summed E-state index contributed by atoms with van der Waals surface area (Å²) in [4.78, 5) is 31.1. The van der Waals surface area contributed by atoms with Crippen molar-refractivity contribution in [2.75, 3.05) is 12.0 Å². The van der Waals surface area contributed by atoms with Gasteiger partial charge in [0.05, 0.1) is 12.8 Å². The van der Waals surface area contributed by atoms with Gasteiger partial charge in [0, 0.05) is 7.05 Å². The van der Waals surface area contributed by atoms with Gasteiger partial charge in [0.25, 0.3) is 5.56 Å². The summed E-state index contributed by atoms with van der Waals surface area (Å²) in [5.74, 6) is 0.610. The number of para-hydroxylation sites is 1. The van der Waals surface area contributed by atoms with E-state index in [-0.39, 0.29) is 36.1 Å². The summed E-state index contributed by atoms with van der Waals surface area (Å²) < 4.78 is 21.6. The van der Waals surface area contributed by atoms with E-state index in [1.807, 2.05) is 30.3 Å². The number of benzene rings is 2. The zero-order valence-corrected chi connectivity index (χ0v) is 16.6. The highest BCUT2D eigenvalue weighted by Crippen LogP contribution is 2.16. The lowest BCUT2D eigenvalue weighted by molar-refractivity contribution is 0.301. The van der Waals surface area contributed by atoms with Gasteiger partial charge in [-0.15, -0.1) is 0 Å². The minimum Gasteiger partial charge on any atom is -0.492 e. The molecule has 0 amide bonds. The minimum absolute atomic E-state index is 0.216. The molecule has 0 unspecified atom stereocenters. The van der Waals surface area contributed by atoms with Gasteiger partial charge >= 0.3 is 5.69 Å². The topological polar surface area (TPSA) is 106 Å². The predicted molar refractivity (Wildman–Crippen MR) is 115 cm³/mol. The summed E-state index contributed by atoms with van der Waals surface area (Å²) in [5.41, 5.74) is 2.78. The van der Waals surface area contributed by atoms with Crippen LogP contribution in [0, 0.1) is 5.82 Å². The largest absolute Gasteiger partial charge is 0.492 e. The fraction of sp³-hybridized carbons (Fsp3) is 0.143. The number of aromatic nitrogens is 4. The number of aromatic amines is 1. The van der Waals surface area contributed by atoms with E-state index in [0.717, 1.165) is 0 Å². The molecule has 0 radical (unpaired) electrons. The first-order valence-electron chi connectivity index (χ1n) is 9.45. The fourth-order valence-corrected chi connectivity index (χ4v) is 3.02. The van der Waals surface area contributed by atoms with Crippen molar-refractivity contribution in [2.45, 2.75) is 6.54 Å². The number of anilines is 1. The van der Waals surface area contributed by atoms with Crippen LogP contribution in [0.3, 0.4) is 0 Å². The Kier molecular flexibility index (Phi) is 5.61. The SMILES string of the molecule is Cn1c(=O)[nH]c(=O)c2c1nc(N/N=C/c1ccc(F)cc1)n2CCOc1ccccc1. The predicted octanol–water partition coefficient (Wildman–Crippen LogP) is 2.09. The van der Waals surface area contributed by atoms with Gasteiger partial charge in [-0.05, 0) is 29.8 Å². The van der Waals surface area contributed by atoms with Crippen LogP contribution in [-0.4, -0.2) is 31.9 Å². The van der Waals surface area contributed by atoms with Crippen LogP contribution in [0.2, 0.25) is 0 Å². The van der Waals surface area contributed by atoms with Crippen molar-refractivity contribution >= 4 is 23.3 Å². The Morgan fingerprint density at radius 3 is 2.65 bits per heavy atom. The number of nitrogens with zero attached hydrogens (tertiary/aromatic N) is 4. The number of halogens is 1. The van der Waals surface area contributed by atoms with Gasteiger partial charge < -0.3 is 4.74 Å². The molecule has 2 aromatic heterocycles. The molecule has 0 fully saturated rings. The van der Waals surface area contributed by atoms with Crippen LogP contribution in [0.1, 0.15) is 5.56 Å². The Labute approximate surface area is 175 Å². The monoisotopic (exact) mass is 422 g/mol. The molecular weight excluding hydrogens is 403 g/mol. The number of hydrogen-bond acceptors (Lipinski definition) is 6. The number of fused-ring (bicyclic) bond motifs is 1. The lowest BCUT2D eigenvalue weighted by Crippen LogP contribution is -2.29. The molecule has 0 aliphatic heterocycles. The number of hydrogen-bond donors (Lipinski definition) is 2. The maximum atomic E-state index is 13.0. The van der Waals surface area contributed by atoms with Crippen LogP contribution in [0.5, 0.6) is 5.75 Å². The molecule has 0 aliphatic rings. The van der Waals surface area contributed by atoms with Crippen molar-refractivity contribution in [1.29, 1.82) is 0 Å². The maximum Gasteiger partial charge on any atom is 0.329 e. The number of ether oxygens (including phenoxy) is 1. The van der Waals surface area contributed by atoms with Crippen molar-refractivity contribution in [1.82, 2.24) is 19.1 Å². The molecule has 0 aliphatic carbocycles. The van der Waals surface area contributed by atoms with Crippen molar-refractivity contribution in [3.63, 3.8) is 0 Å². The van der Waals surface area contributed by atoms with E-state index in [1.165, 1.54) is 30.0 Å². The molecule has 2 aromatic carbocycles. The van der Waals surface area contributed by atoms with Crippen LogP contribution < -0.4 is 21.4 Å². The van der Waals surface area contributed by atoms with Crippen molar-refractivity contribution in [3.8, 4) is 5.75 Å². The molecular formula is C21H19FN6O3. The number of hydrazone groups is 1. The van der Waals surface area contributed by atoms with Crippen LogP contribution >= 0.6 is 0 Å². The first kappa shape index (κ1) is 20.1. The average Bonchev–Trinajstić information content (AvgIpc) is 3.13. The molecule has 0 bridgehead atoms. The van der Waals surface area contributed by atoms with Gasteiger partial charge in [-0.25, -0.2) is 14.6 Å². The van der Waals surface area contributed by atoms with Gasteiger partial charge in [0.15, 0.2) is 11.2 Å². The Bertz CT molecular complexity index is 1340. The van der Waals surface area contributed by atoms with Crippen LogP contribution in [0.4, 0.5) is 10.3 Å². The van der Waals surface area contributed by atoms with E-state index >= 15 is 0 Å². The maximum absolute atomic E-state index is 13.0. The molecule has 9 nitrogen and oxygen atoms in total. The second-order valence-electron chi connectivity index (χ2n) is 6.66. The van der Waals surface area contributed by atoms with Crippen LogP contribution in [0.25, 0.3) is 11.2 Å². The Hall–Kier alpha value is -4.21. The Morgan fingerprint density at radius 1 is 1.16 bits per heavy atom. The van der Waals surface area contributed by atoms with E-state index in [2.05, 4.69) is 20.5 Å². The zero-order valence-electron chi connectivity index (χ0n) is 16.6. The molecule has 4 aromatic rings. The fourth-order valence-electron chi connectivity index (χ4n) is 3.02. The van der Waals surface area contributed by atoms with Gasteiger partial charge in [0.2, 0.25) is 5.95 Å². The molecule has 2 heterocycles. The van der Waals surface area contributed by atoms with Gasteiger partial charge in [-0.3, -0.25) is 18.9 Å². The third-order valence-electron chi connectivity index (χ3n) is 4.58. The summed E-state index contributed by atoms with van der Waals surface area (Å²) >= 11 is 0. The zero-order chi connectivity index (χ0) is 21.8. The second kappa shape index (κ2) is 8.66. The van der Waals surface area contributed by atoms with Gasteiger partial charge in [0.1, 0.15) is 18.2 Å². The van der Waals surface area contributed by atoms with Gasteiger partial charge in [-0.2, -0.15) is 10.1 Å². The minimum atomic E-state index is -0.566. The molecule has 10 heteroatoms. The van der Waals surface area contributed by atoms with Crippen molar-refractivity contribution < 1.29 is 9.13 Å². The summed E-state index contributed by atoms with van der Waals surface area (Å²) in [6.07, 6.45) is 1.49. The van der Waals surface area contributed by atoms with Gasteiger partial charge in [-0.1, -0.05) is 30.3 Å². The Morgan fingerprint density at radius 2 is 1.90 bits per heavy atom. The molecule has 0 saturated heterocycles. The first-order valence-corrected chi connectivity index (χ1v) is 9.45. The van der Waals surface area contributed by atoms with Crippen molar-refractivity contribution in [3.05, 3.63) is 86.8 Å². The van der Waals surface area contributed by atoms with E-state index in [0.29, 0.717) is 11.3 Å². The molecule has 0 saturated carbocycles. The first-order chi connectivity index (χ1) is 15.0.